The molecule has 0 heterocycles. The zero-order chi connectivity index (χ0) is 21.7. The molecule has 0 fully saturated rings. The van der Waals surface area contributed by atoms with Gasteiger partial charge in [-0.15, -0.1) is 0 Å². The molecule has 0 rings (SSSR count). The van der Waals surface area contributed by atoms with Crippen molar-refractivity contribution in [1.29, 1.82) is 0 Å². The fourth-order valence-electron chi connectivity index (χ4n) is 3.96. The maximum absolute atomic E-state index is 10.1. The van der Waals surface area contributed by atoms with Crippen molar-refractivity contribution in [3.05, 3.63) is 0 Å². The molecule has 0 radical (unpaired) electrons. The number of hydrogen-bond donors (Lipinski definition) is 3. The molecule has 3 unspecified atom stereocenters. The third-order valence-electron chi connectivity index (χ3n) is 6.29. The van der Waals surface area contributed by atoms with E-state index in [9.17, 15) is 10.2 Å². The van der Waals surface area contributed by atoms with Crippen LogP contribution < -0.4 is 5.73 Å². The molecule has 0 saturated heterocycles. The van der Waals surface area contributed by atoms with Crippen molar-refractivity contribution < 1.29 is 10.2 Å². The van der Waals surface area contributed by atoms with Gasteiger partial charge in [-0.3, -0.25) is 4.90 Å². The maximum atomic E-state index is 10.1. The van der Waals surface area contributed by atoms with Crippen LogP contribution in [0.5, 0.6) is 0 Å². The van der Waals surface area contributed by atoms with Gasteiger partial charge in [0, 0.05) is 25.7 Å². The average molecular weight is 415 g/mol. The summed E-state index contributed by atoms with van der Waals surface area (Å²) >= 11 is 0. The number of nitrogens with zero attached hydrogens (tertiary/aromatic N) is 1. The van der Waals surface area contributed by atoms with Crippen molar-refractivity contribution >= 4 is 0 Å². The predicted octanol–water partition coefficient (Wildman–Crippen LogP) is 5.64. The lowest BCUT2D eigenvalue weighted by molar-refractivity contribution is 0.0704. The van der Waals surface area contributed by atoms with Gasteiger partial charge in [0.2, 0.25) is 0 Å². The lowest BCUT2D eigenvalue weighted by Gasteiger charge is -2.31. The number of rotatable bonds is 22. The van der Waals surface area contributed by atoms with Crippen LogP contribution in [0.15, 0.2) is 0 Å². The van der Waals surface area contributed by atoms with Crippen LogP contribution in [0, 0.1) is 0 Å². The van der Waals surface area contributed by atoms with E-state index in [0.29, 0.717) is 25.6 Å². The molecular weight excluding hydrogens is 360 g/mol. The van der Waals surface area contributed by atoms with E-state index in [1.807, 2.05) is 6.92 Å². The van der Waals surface area contributed by atoms with Gasteiger partial charge in [-0.1, -0.05) is 97.3 Å². The molecule has 4 N–H and O–H groups in total. The van der Waals surface area contributed by atoms with Crippen molar-refractivity contribution in [3.8, 4) is 0 Å². The highest BCUT2D eigenvalue weighted by Gasteiger charge is 2.17. The van der Waals surface area contributed by atoms with Crippen molar-refractivity contribution in [2.24, 2.45) is 5.73 Å². The zero-order valence-electron chi connectivity index (χ0n) is 20.1. The highest BCUT2D eigenvalue weighted by atomic mass is 16.3. The normalized spacial score (nSPS) is 15.0. The summed E-state index contributed by atoms with van der Waals surface area (Å²) in [6.45, 7) is 8.40. The van der Waals surface area contributed by atoms with Gasteiger partial charge in [-0.05, 0) is 26.2 Å². The molecule has 176 valence electrons. The number of nitrogens with two attached hydrogens (primary N) is 1. The van der Waals surface area contributed by atoms with Gasteiger partial charge in [-0.25, -0.2) is 0 Å². The zero-order valence-corrected chi connectivity index (χ0v) is 20.1. The third-order valence-corrected chi connectivity index (χ3v) is 6.29. The lowest BCUT2D eigenvalue weighted by Crippen LogP contribution is -2.41. The van der Waals surface area contributed by atoms with Gasteiger partial charge < -0.3 is 15.9 Å². The number of aliphatic hydroxyl groups excluding tert-OH is 2. The van der Waals surface area contributed by atoms with E-state index in [-0.39, 0.29) is 6.10 Å². The molecule has 3 atom stereocenters. The molecule has 0 aromatic rings. The average Bonchev–Trinajstić information content (AvgIpc) is 2.73. The van der Waals surface area contributed by atoms with Gasteiger partial charge in [0.15, 0.2) is 0 Å². The van der Waals surface area contributed by atoms with Crippen LogP contribution in [0.4, 0.5) is 0 Å². The van der Waals surface area contributed by atoms with Crippen molar-refractivity contribution in [2.45, 2.75) is 142 Å². The monoisotopic (exact) mass is 414 g/mol. The van der Waals surface area contributed by atoms with Gasteiger partial charge in [0.25, 0.3) is 0 Å². The van der Waals surface area contributed by atoms with Crippen LogP contribution in [-0.2, 0) is 0 Å². The molecule has 0 aromatic heterocycles. The molecule has 29 heavy (non-hydrogen) atoms. The first-order valence-corrected chi connectivity index (χ1v) is 12.8. The molecule has 0 saturated carbocycles. The van der Waals surface area contributed by atoms with Gasteiger partial charge in [-0.2, -0.15) is 0 Å². The van der Waals surface area contributed by atoms with Crippen LogP contribution in [0.25, 0.3) is 0 Å². The Bertz CT molecular complexity index is 328. The fourth-order valence-corrected chi connectivity index (χ4v) is 3.96. The first kappa shape index (κ1) is 28.8. The van der Waals surface area contributed by atoms with E-state index in [1.165, 1.54) is 89.9 Å². The van der Waals surface area contributed by atoms with E-state index >= 15 is 0 Å². The molecule has 0 spiro atoms. The molecule has 4 nitrogen and oxygen atoms in total. The largest absolute Gasteiger partial charge is 0.392 e. The Hall–Kier alpha value is -0.160. The molecule has 0 aliphatic carbocycles. The molecule has 0 aliphatic heterocycles. The van der Waals surface area contributed by atoms with Gasteiger partial charge in [0.1, 0.15) is 0 Å². The lowest BCUT2D eigenvalue weighted by atomic mass is 10.0. The Morgan fingerprint density at radius 2 is 1.17 bits per heavy atom. The Morgan fingerprint density at radius 3 is 1.62 bits per heavy atom. The summed E-state index contributed by atoms with van der Waals surface area (Å²) in [5, 5.41) is 19.8. The third kappa shape index (κ3) is 18.3. The highest BCUT2D eigenvalue weighted by Crippen LogP contribution is 2.16. The Balaban J connectivity index is 3.74. The SMILES string of the molecule is CCCCCCCCCCCCCCCC(C)N(CCC(O)CN)CC(O)CC. The minimum absolute atomic E-state index is 0.279. The smallest absolute Gasteiger partial charge is 0.0674 e. The topological polar surface area (TPSA) is 69.7 Å². The summed E-state index contributed by atoms with van der Waals surface area (Å²) in [7, 11) is 0. The summed E-state index contributed by atoms with van der Waals surface area (Å²) in [6, 6.07) is 0.453. The first-order valence-electron chi connectivity index (χ1n) is 12.8. The second-order valence-electron chi connectivity index (χ2n) is 9.12. The van der Waals surface area contributed by atoms with Crippen molar-refractivity contribution in [2.75, 3.05) is 19.6 Å². The Labute approximate surface area is 182 Å². The maximum Gasteiger partial charge on any atom is 0.0674 e. The van der Waals surface area contributed by atoms with Crippen LogP contribution in [0.1, 0.15) is 124 Å². The van der Waals surface area contributed by atoms with E-state index in [2.05, 4.69) is 18.7 Å². The molecule has 0 bridgehead atoms. The van der Waals surface area contributed by atoms with Crippen LogP contribution >= 0.6 is 0 Å². The van der Waals surface area contributed by atoms with Crippen LogP contribution in [0.3, 0.4) is 0 Å². The van der Waals surface area contributed by atoms with Crippen molar-refractivity contribution in [1.82, 2.24) is 4.90 Å². The number of hydrogen-bond acceptors (Lipinski definition) is 4. The van der Waals surface area contributed by atoms with Crippen LogP contribution in [-0.4, -0.2) is 53.0 Å². The van der Waals surface area contributed by atoms with Crippen molar-refractivity contribution in [3.63, 3.8) is 0 Å². The predicted molar refractivity (Wildman–Crippen MR) is 127 cm³/mol. The van der Waals surface area contributed by atoms with Gasteiger partial charge in [0.05, 0.1) is 12.2 Å². The molecule has 0 aromatic carbocycles. The highest BCUT2D eigenvalue weighted by molar-refractivity contribution is 4.73. The second kappa shape index (κ2) is 21.1. The van der Waals surface area contributed by atoms with Crippen LogP contribution in [0.2, 0.25) is 0 Å². The summed E-state index contributed by atoms with van der Waals surface area (Å²) < 4.78 is 0. The number of aliphatic hydroxyl groups is 2. The minimum Gasteiger partial charge on any atom is -0.392 e. The number of unbranched alkanes of at least 4 members (excludes halogenated alkanes) is 12. The van der Waals surface area contributed by atoms with Gasteiger partial charge >= 0.3 is 0 Å². The molecule has 4 heteroatoms. The molecule has 0 amide bonds. The standard InChI is InChI=1S/C25H54N2O2/c1-4-6-7-8-9-10-11-12-13-14-15-16-17-18-23(3)27(22-24(28)5-2)20-19-25(29)21-26/h23-25,28-29H,4-22,26H2,1-3H3. The summed E-state index contributed by atoms with van der Waals surface area (Å²) in [5.41, 5.74) is 5.53. The Kier molecular flexibility index (Phi) is 21.0. The first-order chi connectivity index (χ1) is 14.0. The fraction of sp³-hybridized carbons (Fsp3) is 1.00. The second-order valence-corrected chi connectivity index (χ2v) is 9.12. The van der Waals surface area contributed by atoms with E-state index in [0.717, 1.165) is 13.0 Å². The summed E-state index contributed by atoms with van der Waals surface area (Å²) in [4.78, 5) is 2.34. The summed E-state index contributed by atoms with van der Waals surface area (Å²) in [6.07, 6.45) is 20.0. The summed E-state index contributed by atoms with van der Waals surface area (Å²) in [5.74, 6) is 0. The molecule has 0 aliphatic rings. The Morgan fingerprint density at radius 1 is 0.690 bits per heavy atom. The molecular formula is C25H54N2O2. The quantitative estimate of drug-likeness (QED) is 0.201. The minimum atomic E-state index is -0.431. The van der Waals surface area contributed by atoms with E-state index in [1.54, 1.807) is 0 Å². The van der Waals surface area contributed by atoms with E-state index < -0.39 is 6.10 Å². The van der Waals surface area contributed by atoms with E-state index in [4.69, 9.17) is 5.73 Å².